The highest BCUT2D eigenvalue weighted by Gasteiger charge is 2.25. The SMILES string of the molecule is C=C(C1CCC(O)CC1)N(/C=C(/c1ccc(CC)cc1)C(C)CC)NC(=Nc1cc(F)cc(Cl)c1)/N=C\C.CCCCCN(C)CCC. The maximum absolute atomic E-state index is 14.0. The summed E-state index contributed by atoms with van der Waals surface area (Å²) in [4.78, 5) is 11.4. The summed E-state index contributed by atoms with van der Waals surface area (Å²) >= 11 is 6.07. The van der Waals surface area contributed by atoms with Crippen molar-refractivity contribution in [3.63, 3.8) is 0 Å². The van der Waals surface area contributed by atoms with Gasteiger partial charge in [0.25, 0.3) is 0 Å². The molecule has 1 saturated carbocycles. The Hall–Kier alpha value is -3.00. The van der Waals surface area contributed by atoms with E-state index in [1.54, 1.807) is 19.2 Å². The molecule has 0 aliphatic heterocycles. The molecule has 2 N–H and O–H groups in total. The molecule has 0 radical (unpaired) electrons. The highest BCUT2D eigenvalue weighted by molar-refractivity contribution is 6.30. The van der Waals surface area contributed by atoms with Gasteiger partial charge in [-0.25, -0.2) is 14.4 Å². The Bertz CT molecular complexity index is 1300. The minimum atomic E-state index is -0.465. The average Bonchev–Trinajstić information content (AvgIpc) is 3.06. The predicted molar refractivity (Wildman–Crippen MR) is 205 cm³/mol. The number of guanidine groups is 1. The molecule has 6 nitrogen and oxygen atoms in total. The second kappa shape index (κ2) is 22.6. The van der Waals surface area contributed by atoms with Crippen molar-refractivity contribution < 1.29 is 9.50 Å². The summed E-state index contributed by atoms with van der Waals surface area (Å²) in [7, 11) is 2.21. The van der Waals surface area contributed by atoms with Crippen LogP contribution in [0.25, 0.3) is 5.57 Å². The molecule has 1 aliphatic carbocycles. The van der Waals surface area contributed by atoms with Gasteiger partial charge in [0.1, 0.15) is 5.82 Å². The van der Waals surface area contributed by atoms with Gasteiger partial charge >= 0.3 is 0 Å². The van der Waals surface area contributed by atoms with Gasteiger partial charge in [-0.15, -0.1) is 0 Å². The Kier molecular flexibility index (Phi) is 19.4. The van der Waals surface area contributed by atoms with Crippen LogP contribution in [0.3, 0.4) is 0 Å². The van der Waals surface area contributed by atoms with Crippen molar-refractivity contribution in [2.45, 2.75) is 112 Å². The van der Waals surface area contributed by atoms with E-state index in [0.29, 0.717) is 5.69 Å². The second-order valence-electron chi connectivity index (χ2n) is 12.9. The van der Waals surface area contributed by atoms with Gasteiger partial charge in [-0.3, -0.25) is 10.4 Å². The molecule has 1 aliphatic rings. The van der Waals surface area contributed by atoms with E-state index in [9.17, 15) is 9.50 Å². The number of aryl methyl sites for hydroxylation is 1. The number of allylic oxidation sites excluding steroid dienone is 2. The number of hydrogen-bond donors (Lipinski definition) is 2. The molecule has 1 fully saturated rings. The number of benzene rings is 2. The van der Waals surface area contributed by atoms with Gasteiger partial charge in [0, 0.05) is 29.1 Å². The molecular formula is C40H61ClFN5O. The van der Waals surface area contributed by atoms with Crippen molar-refractivity contribution in [2.24, 2.45) is 21.8 Å². The lowest BCUT2D eigenvalue weighted by Crippen LogP contribution is -2.40. The number of halogens is 2. The molecule has 0 heterocycles. The summed E-state index contributed by atoms with van der Waals surface area (Å²) in [5.41, 5.74) is 8.16. The molecule has 2 aromatic rings. The third-order valence-corrected chi connectivity index (χ3v) is 9.11. The topological polar surface area (TPSA) is 63.5 Å². The van der Waals surface area contributed by atoms with Gasteiger partial charge in [0.05, 0.1) is 11.8 Å². The van der Waals surface area contributed by atoms with Crippen LogP contribution in [0.2, 0.25) is 5.02 Å². The number of nitrogens with one attached hydrogen (secondary N) is 1. The zero-order valence-corrected chi connectivity index (χ0v) is 31.4. The fourth-order valence-electron chi connectivity index (χ4n) is 5.74. The number of aliphatic hydroxyl groups excluding tert-OH is 1. The summed E-state index contributed by atoms with van der Waals surface area (Å²) in [6.07, 6.45) is 14.0. The largest absolute Gasteiger partial charge is 0.393 e. The van der Waals surface area contributed by atoms with Crippen molar-refractivity contribution in [3.8, 4) is 0 Å². The standard InChI is InChI=1S/C31H40ClFN4O.C9H21N/c1-6-21(4)30(25-11-9-23(7-2)10-12-25)20-37(22(5)24-13-15-29(38)16-14-24)36-31(34-8-3)35-28-18-26(32)17-27(33)19-28;1-4-6-7-9-10(3)8-5-2/h8-12,17-21,24,29,38H,5-7,13-16H2,1-4H3,(H,35,36);4-9H2,1-3H3/b30-20+,34-8-;. The van der Waals surface area contributed by atoms with Gasteiger partial charge < -0.3 is 10.0 Å². The molecule has 2 aromatic carbocycles. The molecule has 0 bridgehead atoms. The molecule has 266 valence electrons. The monoisotopic (exact) mass is 681 g/mol. The van der Waals surface area contributed by atoms with Crippen LogP contribution in [-0.4, -0.2) is 53.4 Å². The van der Waals surface area contributed by atoms with E-state index in [0.717, 1.165) is 55.4 Å². The second-order valence-corrected chi connectivity index (χ2v) is 13.3. The number of nitrogens with zero attached hydrogens (tertiary/aromatic N) is 4. The zero-order valence-electron chi connectivity index (χ0n) is 30.6. The first-order valence-electron chi connectivity index (χ1n) is 18.0. The minimum absolute atomic E-state index is 0.193. The normalized spacial score (nSPS) is 17.6. The Balaban J connectivity index is 0.000000692. The first-order chi connectivity index (χ1) is 23.0. The van der Waals surface area contributed by atoms with Gasteiger partial charge in [-0.1, -0.05) is 89.9 Å². The minimum Gasteiger partial charge on any atom is -0.393 e. The van der Waals surface area contributed by atoms with Gasteiger partial charge in [-0.05, 0) is 119 Å². The van der Waals surface area contributed by atoms with Crippen molar-refractivity contribution in [1.82, 2.24) is 15.3 Å². The lowest BCUT2D eigenvalue weighted by Gasteiger charge is -2.34. The van der Waals surface area contributed by atoms with E-state index in [1.165, 1.54) is 56.5 Å². The van der Waals surface area contributed by atoms with Crippen LogP contribution < -0.4 is 5.43 Å². The van der Waals surface area contributed by atoms with Gasteiger partial charge in [-0.2, -0.15) is 0 Å². The molecule has 0 saturated heterocycles. The molecule has 48 heavy (non-hydrogen) atoms. The Morgan fingerprint density at radius 2 is 1.73 bits per heavy atom. The molecular weight excluding hydrogens is 621 g/mol. The first-order valence-corrected chi connectivity index (χ1v) is 18.4. The van der Waals surface area contributed by atoms with Crippen LogP contribution >= 0.6 is 11.6 Å². The van der Waals surface area contributed by atoms with Crippen LogP contribution in [0.4, 0.5) is 10.1 Å². The fourth-order valence-corrected chi connectivity index (χ4v) is 5.95. The van der Waals surface area contributed by atoms with E-state index in [4.69, 9.17) is 11.6 Å². The van der Waals surface area contributed by atoms with Crippen LogP contribution in [0.15, 0.2) is 70.9 Å². The Labute approximate surface area is 295 Å². The van der Waals surface area contributed by atoms with Gasteiger partial charge in [0.15, 0.2) is 0 Å². The van der Waals surface area contributed by atoms with Crippen molar-refractivity contribution in [3.05, 3.63) is 82.9 Å². The summed E-state index contributed by atoms with van der Waals surface area (Å²) < 4.78 is 14.0. The molecule has 1 unspecified atom stereocenters. The number of rotatable bonds is 15. The number of unbranched alkanes of at least 4 members (excludes halogenated alkanes) is 2. The maximum atomic E-state index is 14.0. The summed E-state index contributed by atoms with van der Waals surface area (Å²) in [5.74, 6) is 0.294. The molecule has 0 amide bonds. The van der Waals surface area contributed by atoms with Crippen molar-refractivity contribution in [2.75, 3.05) is 20.1 Å². The zero-order chi connectivity index (χ0) is 35.5. The van der Waals surface area contributed by atoms with E-state index >= 15 is 0 Å². The maximum Gasteiger partial charge on any atom is 0.242 e. The molecule has 3 rings (SSSR count). The van der Waals surface area contributed by atoms with E-state index in [1.807, 2.05) is 5.01 Å². The average molecular weight is 682 g/mol. The van der Waals surface area contributed by atoms with Crippen LogP contribution in [0.1, 0.15) is 110 Å². The quantitative estimate of drug-likeness (QED) is 0.0850. The number of aliphatic imine (C=N–C) groups is 2. The lowest BCUT2D eigenvalue weighted by molar-refractivity contribution is 0.110. The van der Waals surface area contributed by atoms with Crippen molar-refractivity contribution >= 4 is 35.0 Å². The van der Waals surface area contributed by atoms with E-state index in [-0.39, 0.29) is 28.9 Å². The molecule has 1 atom stereocenters. The predicted octanol–water partition coefficient (Wildman–Crippen LogP) is 10.6. The highest BCUT2D eigenvalue weighted by atomic mass is 35.5. The third kappa shape index (κ3) is 14.6. The van der Waals surface area contributed by atoms with Gasteiger partial charge in [0.2, 0.25) is 5.96 Å². The first kappa shape index (κ1) is 41.2. The van der Waals surface area contributed by atoms with E-state index < -0.39 is 5.82 Å². The van der Waals surface area contributed by atoms with E-state index in [2.05, 4.69) is 99.0 Å². The summed E-state index contributed by atoms with van der Waals surface area (Å²) in [5, 5.41) is 12.2. The smallest absolute Gasteiger partial charge is 0.242 e. The Morgan fingerprint density at radius 3 is 2.29 bits per heavy atom. The molecule has 8 heteroatoms. The number of hydrazine groups is 1. The number of aliphatic hydroxyl groups is 1. The van der Waals surface area contributed by atoms with Crippen molar-refractivity contribution in [1.29, 1.82) is 0 Å². The highest BCUT2D eigenvalue weighted by Crippen LogP contribution is 2.33. The third-order valence-electron chi connectivity index (χ3n) is 8.89. The summed E-state index contributed by atoms with van der Waals surface area (Å²) in [6.45, 7) is 19.8. The lowest BCUT2D eigenvalue weighted by atomic mass is 9.85. The van der Waals surface area contributed by atoms with Crippen LogP contribution in [-0.2, 0) is 6.42 Å². The van der Waals surface area contributed by atoms with Crippen LogP contribution in [0.5, 0.6) is 0 Å². The number of hydrogen-bond acceptors (Lipinski definition) is 4. The fraction of sp³-hybridized carbons (Fsp3) is 0.550. The summed E-state index contributed by atoms with van der Waals surface area (Å²) in [6, 6.07) is 12.8. The van der Waals surface area contributed by atoms with Crippen LogP contribution in [0, 0.1) is 17.7 Å². The molecule has 0 aromatic heterocycles. The molecule has 0 spiro atoms. The Morgan fingerprint density at radius 1 is 1.04 bits per heavy atom.